The molecule has 1 nitrogen and oxygen atoms in total. The Bertz CT molecular complexity index is 1050. The Labute approximate surface area is 199 Å². The molecule has 3 aromatic rings. The summed E-state index contributed by atoms with van der Waals surface area (Å²) >= 11 is 0. The molecule has 1 saturated carbocycles. The molecule has 0 heterocycles. The molecule has 0 radical (unpaired) electrons. The molecule has 3 aromatic carbocycles. The molecule has 1 aliphatic carbocycles. The molecule has 0 bridgehead atoms. The van der Waals surface area contributed by atoms with Gasteiger partial charge in [-0.1, -0.05) is 57.9 Å². The van der Waals surface area contributed by atoms with E-state index in [0.717, 1.165) is 23.6 Å². The molecule has 182 valence electrons. The van der Waals surface area contributed by atoms with Gasteiger partial charge in [-0.15, -0.1) is 0 Å². The lowest BCUT2D eigenvalue weighted by molar-refractivity contribution is 0.289. The Morgan fingerprint density at radius 3 is 1.79 bits per heavy atom. The third-order valence-electron chi connectivity index (χ3n) is 6.51. The molecular formula is C29H32F4O. The Morgan fingerprint density at radius 1 is 0.735 bits per heavy atom. The van der Waals surface area contributed by atoms with Crippen molar-refractivity contribution >= 4 is 0 Å². The fourth-order valence-electron chi connectivity index (χ4n) is 4.31. The smallest absolute Gasteiger partial charge is 0.133 e. The van der Waals surface area contributed by atoms with Gasteiger partial charge in [0.25, 0.3) is 0 Å². The normalized spacial score (nSPS) is 17.6. The van der Waals surface area contributed by atoms with Crippen molar-refractivity contribution in [3.63, 3.8) is 0 Å². The standard InChI is InChI=1S/C27H26F4O.C2H6/c1-16-3-5-18(6-4-16)19-7-9-20(10-8-19)21-11-26(30)23(27(31)12-21)15-32-22-13-24(28)17(2)25(29)14-22;1-2/h7-14,16,18H,3-6,15H2,1-2H3;1-2H3. The summed E-state index contributed by atoms with van der Waals surface area (Å²) in [6, 6.07) is 12.4. The van der Waals surface area contributed by atoms with E-state index in [4.69, 9.17) is 4.74 Å². The van der Waals surface area contributed by atoms with Gasteiger partial charge in [0.05, 0.1) is 5.56 Å². The maximum atomic E-state index is 14.7. The molecule has 34 heavy (non-hydrogen) atoms. The van der Waals surface area contributed by atoms with Crippen molar-refractivity contribution in [3.05, 3.63) is 88.5 Å². The summed E-state index contributed by atoms with van der Waals surface area (Å²) in [7, 11) is 0. The zero-order valence-electron chi connectivity index (χ0n) is 20.2. The third kappa shape index (κ3) is 5.99. The van der Waals surface area contributed by atoms with Gasteiger partial charge in [0.15, 0.2) is 0 Å². The molecule has 0 atom stereocenters. The minimum absolute atomic E-state index is 0.124. The quantitative estimate of drug-likeness (QED) is 0.336. The Morgan fingerprint density at radius 2 is 1.26 bits per heavy atom. The van der Waals surface area contributed by atoms with Crippen LogP contribution in [-0.4, -0.2) is 0 Å². The fourth-order valence-corrected chi connectivity index (χ4v) is 4.31. The van der Waals surface area contributed by atoms with Crippen LogP contribution < -0.4 is 4.74 Å². The largest absolute Gasteiger partial charge is 0.488 e. The molecule has 0 amide bonds. The maximum Gasteiger partial charge on any atom is 0.133 e. The lowest BCUT2D eigenvalue weighted by Gasteiger charge is -2.26. The van der Waals surface area contributed by atoms with Crippen LogP contribution in [0.4, 0.5) is 17.6 Å². The Hall–Kier alpha value is -2.82. The first-order valence-electron chi connectivity index (χ1n) is 12.0. The molecule has 0 unspecified atom stereocenters. The second-order valence-corrected chi connectivity index (χ2v) is 8.80. The average molecular weight is 473 g/mol. The number of benzene rings is 3. The molecule has 0 N–H and O–H groups in total. The zero-order valence-corrected chi connectivity index (χ0v) is 20.2. The maximum absolute atomic E-state index is 14.7. The predicted molar refractivity (Wildman–Crippen MR) is 129 cm³/mol. The van der Waals surface area contributed by atoms with Crippen LogP contribution in [-0.2, 0) is 6.61 Å². The van der Waals surface area contributed by atoms with Crippen LogP contribution in [0.3, 0.4) is 0 Å². The number of rotatable bonds is 5. The third-order valence-corrected chi connectivity index (χ3v) is 6.51. The van der Waals surface area contributed by atoms with Gasteiger partial charge in [0.2, 0.25) is 0 Å². The van der Waals surface area contributed by atoms with E-state index in [9.17, 15) is 17.6 Å². The van der Waals surface area contributed by atoms with Gasteiger partial charge in [-0.2, -0.15) is 0 Å². The Balaban J connectivity index is 0.00000158. The molecule has 0 saturated heterocycles. The van der Waals surface area contributed by atoms with Gasteiger partial charge in [0, 0.05) is 17.7 Å². The van der Waals surface area contributed by atoms with E-state index in [0.29, 0.717) is 11.5 Å². The number of ether oxygens (including phenoxy) is 1. The SMILES string of the molecule is CC.Cc1c(F)cc(OCc2c(F)cc(-c3ccc(C4CCC(C)CC4)cc3)cc2F)cc1F. The summed E-state index contributed by atoms with van der Waals surface area (Å²) in [4.78, 5) is 0. The van der Waals surface area contributed by atoms with Gasteiger partial charge in [-0.25, -0.2) is 17.6 Å². The summed E-state index contributed by atoms with van der Waals surface area (Å²) in [6.45, 7) is 7.11. The van der Waals surface area contributed by atoms with Gasteiger partial charge in [-0.05, 0) is 60.4 Å². The highest BCUT2D eigenvalue weighted by Crippen LogP contribution is 2.36. The van der Waals surface area contributed by atoms with Crippen LogP contribution in [0.25, 0.3) is 11.1 Å². The first-order valence-corrected chi connectivity index (χ1v) is 12.0. The van der Waals surface area contributed by atoms with E-state index in [1.54, 1.807) is 0 Å². The monoisotopic (exact) mass is 472 g/mol. The minimum atomic E-state index is -0.775. The van der Waals surface area contributed by atoms with E-state index in [-0.39, 0.29) is 16.9 Å². The lowest BCUT2D eigenvalue weighted by atomic mass is 9.79. The molecular weight excluding hydrogens is 440 g/mol. The molecule has 5 heteroatoms. The van der Waals surface area contributed by atoms with Gasteiger partial charge in [-0.3, -0.25) is 0 Å². The first-order chi connectivity index (χ1) is 16.3. The lowest BCUT2D eigenvalue weighted by Crippen LogP contribution is -2.10. The molecule has 0 aromatic heterocycles. The van der Waals surface area contributed by atoms with Crippen molar-refractivity contribution in [3.8, 4) is 16.9 Å². The van der Waals surface area contributed by atoms with Gasteiger partial charge in [0.1, 0.15) is 35.6 Å². The highest BCUT2D eigenvalue weighted by atomic mass is 19.1. The molecule has 0 spiro atoms. The van der Waals surface area contributed by atoms with Crippen molar-refractivity contribution in [1.29, 1.82) is 0 Å². The van der Waals surface area contributed by atoms with E-state index >= 15 is 0 Å². The Kier molecular flexibility index (Phi) is 8.76. The number of hydrogen-bond donors (Lipinski definition) is 0. The van der Waals surface area contributed by atoms with Crippen LogP contribution >= 0.6 is 0 Å². The van der Waals surface area contributed by atoms with Crippen molar-refractivity contribution in [2.45, 2.75) is 65.9 Å². The second kappa shape index (κ2) is 11.5. The topological polar surface area (TPSA) is 9.23 Å². The van der Waals surface area contributed by atoms with Crippen LogP contribution in [0.5, 0.6) is 5.75 Å². The van der Waals surface area contributed by atoms with Crippen molar-refractivity contribution in [2.24, 2.45) is 5.92 Å². The van der Waals surface area contributed by atoms with E-state index < -0.39 is 29.9 Å². The summed E-state index contributed by atoms with van der Waals surface area (Å²) in [6.07, 6.45) is 4.81. The van der Waals surface area contributed by atoms with E-state index in [1.807, 2.05) is 38.1 Å². The van der Waals surface area contributed by atoms with Crippen LogP contribution in [0.15, 0.2) is 48.5 Å². The predicted octanol–water partition coefficient (Wildman–Crippen LogP) is 9.12. The zero-order chi connectivity index (χ0) is 24.8. The summed E-state index contributed by atoms with van der Waals surface area (Å²) in [5.41, 5.74) is 2.00. The summed E-state index contributed by atoms with van der Waals surface area (Å²) in [5.74, 6) is -1.88. The molecule has 1 fully saturated rings. The molecule has 4 rings (SSSR count). The summed E-state index contributed by atoms with van der Waals surface area (Å²) < 4.78 is 61.9. The van der Waals surface area contributed by atoms with Gasteiger partial charge >= 0.3 is 0 Å². The molecule has 1 aliphatic rings. The fraction of sp³-hybridized carbons (Fsp3) is 0.379. The second-order valence-electron chi connectivity index (χ2n) is 8.80. The number of hydrogen-bond acceptors (Lipinski definition) is 1. The molecule has 0 aliphatic heterocycles. The van der Waals surface area contributed by atoms with Crippen molar-refractivity contribution in [1.82, 2.24) is 0 Å². The summed E-state index contributed by atoms with van der Waals surface area (Å²) in [5, 5.41) is 0. The number of halogens is 4. The highest BCUT2D eigenvalue weighted by Gasteiger charge is 2.20. The van der Waals surface area contributed by atoms with Crippen LogP contribution in [0.2, 0.25) is 0 Å². The van der Waals surface area contributed by atoms with Crippen LogP contribution in [0.1, 0.15) is 69.1 Å². The average Bonchev–Trinajstić information content (AvgIpc) is 2.83. The minimum Gasteiger partial charge on any atom is -0.488 e. The first kappa shape index (κ1) is 25.8. The van der Waals surface area contributed by atoms with Crippen LogP contribution in [0, 0.1) is 36.1 Å². The van der Waals surface area contributed by atoms with E-state index in [1.165, 1.54) is 50.3 Å². The van der Waals surface area contributed by atoms with E-state index in [2.05, 4.69) is 6.92 Å². The van der Waals surface area contributed by atoms with Crippen molar-refractivity contribution in [2.75, 3.05) is 0 Å². The van der Waals surface area contributed by atoms with Gasteiger partial charge < -0.3 is 4.74 Å². The highest BCUT2D eigenvalue weighted by molar-refractivity contribution is 5.64. The van der Waals surface area contributed by atoms with Crippen molar-refractivity contribution < 1.29 is 22.3 Å².